The molecule has 0 aliphatic heterocycles. The molecule has 0 saturated heterocycles. The number of nitrogens with zero attached hydrogens (tertiary/aromatic N) is 3. The number of carbonyl (C=O) groups excluding carboxylic acids is 1. The average molecular weight is 465 g/mol. The summed E-state index contributed by atoms with van der Waals surface area (Å²) in [6, 6.07) is 15.5. The highest BCUT2D eigenvalue weighted by Gasteiger charge is 2.17. The third-order valence-electron chi connectivity index (χ3n) is 5.05. The monoisotopic (exact) mass is 464 g/mol. The first-order valence-corrected chi connectivity index (χ1v) is 12.0. The van der Waals surface area contributed by atoms with Crippen molar-refractivity contribution in [2.75, 3.05) is 30.1 Å². The summed E-state index contributed by atoms with van der Waals surface area (Å²) < 4.78 is 2.24. The largest absolute Gasteiger partial charge is 0.378 e. The van der Waals surface area contributed by atoms with E-state index in [1.807, 2.05) is 86.8 Å². The summed E-state index contributed by atoms with van der Waals surface area (Å²) in [6.07, 6.45) is 0. The van der Waals surface area contributed by atoms with Crippen molar-refractivity contribution in [3.8, 4) is 5.69 Å². The number of fused-ring (bicyclic) bond motifs is 1. The smallest absolute Gasteiger partial charge is 0.276 e. The second-order valence-corrected chi connectivity index (χ2v) is 9.60. The van der Waals surface area contributed by atoms with Gasteiger partial charge in [0.1, 0.15) is 4.70 Å². The second kappa shape index (κ2) is 9.18. The van der Waals surface area contributed by atoms with Crippen LogP contribution in [-0.2, 0) is 4.79 Å². The molecule has 0 bridgehead atoms. The van der Waals surface area contributed by atoms with Gasteiger partial charge in [0.2, 0.25) is 5.91 Å². The number of thiophene rings is 1. The Hall–Kier alpha value is -3.10. The number of aryl methyl sites for hydroxylation is 2. The van der Waals surface area contributed by atoms with Crippen LogP contribution < -0.4 is 15.8 Å². The summed E-state index contributed by atoms with van der Waals surface area (Å²) in [5, 5.41) is 5.29. The first kappa shape index (κ1) is 22.1. The minimum atomic E-state index is -0.153. The van der Waals surface area contributed by atoms with Crippen LogP contribution >= 0.6 is 23.1 Å². The van der Waals surface area contributed by atoms with Gasteiger partial charge in [-0.1, -0.05) is 23.9 Å². The van der Waals surface area contributed by atoms with Crippen molar-refractivity contribution in [2.24, 2.45) is 0 Å². The highest BCUT2D eigenvalue weighted by molar-refractivity contribution is 7.99. The third-order valence-corrected chi connectivity index (χ3v) is 6.88. The molecular formula is C24H24N4O2S2. The number of thioether (sulfide) groups is 1. The molecule has 1 amide bonds. The van der Waals surface area contributed by atoms with Crippen LogP contribution in [0.3, 0.4) is 0 Å². The molecule has 4 aromatic rings. The predicted molar refractivity (Wildman–Crippen MR) is 135 cm³/mol. The SMILES string of the molecule is Cc1ccc(C)c(-n2c(SCC(=O)Nc3ccc(N(C)C)cc3)nc3ccsc3c2=O)c1. The molecule has 1 N–H and O–H groups in total. The second-order valence-electron chi connectivity index (χ2n) is 7.74. The van der Waals surface area contributed by atoms with E-state index in [2.05, 4.69) is 5.32 Å². The summed E-state index contributed by atoms with van der Waals surface area (Å²) in [5.74, 6) is -0.0117. The third kappa shape index (κ3) is 4.56. The van der Waals surface area contributed by atoms with Crippen LogP contribution in [0.25, 0.3) is 15.9 Å². The highest BCUT2D eigenvalue weighted by atomic mass is 32.2. The Morgan fingerprint density at radius 2 is 1.88 bits per heavy atom. The maximum Gasteiger partial charge on any atom is 0.276 e. The summed E-state index contributed by atoms with van der Waals surface area (Å²) in [5.41, 5.74) is 5.16. The molecule has 6 nitrogen and oxygen atoms in total. The number of anilines is 2. The molecule has 2 aromatic carbocycles. The molecule has 32 heavy (non-hydrogen) atoms. The number of hydrogen-bond donors (Lipinski definition) is 1. The van der Waals surface area contributed by atoms with Crippen LogP contribution in [0.15, 0.2) is 63.9 Å². The lowest BCUT2D eigenvalue weighted by atomic mass is 10.1. The van der Waals surface area contributed by atoms with Gasteiger partial charge < -0.3 is 10.2 Å². The highest BCUT2D eigenvalue weighted by Crippen LogP contribution is 2.26. The molecule has 0 radical (unpaired) electrons. The van der Waals surface area contributed by atoms with Gasteiger partial charge in [-0.3, -0.25) is 14.2 Å². The van der Waals surface area contributed by atoms with Crippen molar-refractivity contribution >= 4 is 50.6 Å². The van der Waals surface area contributed by atoms with Crippen molar-refractivity contribution < 1.29 is 4.79 Å². The molecule has 2 heterocycles. The van der Waals surface area contributed by atoms with Gasteiger partial charge in [-0.2, -0.15) is 0 Å². The summed E-state index contributed by atoms with van der Waals surface area (Å²) >= 11 is 2.64. The van der Waals surface area contributed by atoms with Gasteiger partial charge in [-0.15, -0.1) is 11.3 Å². The first-order chi connectivity index (χ1) is 15.3. The fraction of sp³-hybridized carbons (Fsp3) is 0.208. The molecule has 0 fully saturated rings. The van der Waals surface area contributed by atoms with Crippen LogP contribution in [0, 0.1) is 13.8 Å². The fourth-order valence-electron chi connectivity index (χ4n) is 3.33. The van der Waals surface area contributed by atoms with Gasteiger partial charge >= 0.3 is 0 Å². The van der Waals surface area contributed by atoms with E-state index < -0.39 is 0 Å². The molecule has 0 atom stereocenters. The average Bonchev–Trinajstić information content (AvgIpc) is 3.24. The minimum Gasteiger partial charge on any atom is -0.378 e. The maximum absolute atomic E-state index is 13.3. The van der Waals surface area contributed by atoms with Gasteiger partial charge in [-0.25, -0.2) is 4.98 Å². The van der Waals surface area contributed by atoms with Crippen molar-refractivity contribution in [3.05, 3.63) is 75.4 Å². The zero-order chi connectivity index (χ0) is 22.8. The van der Waals surface area contributed by atoms with E-state index in [1.54, 1.807) is 4.57 Å². The molecule has 0 aliphatic carbocycles. The zero-order valence-corrected chi connectivity index (χ0v) is 20.0. The normalized spacial score (nSPS) is 11.0. The number of aromatic nitrogens is 2. The number of carbonyl (C=O) groups is 1. The van der Waals surface area contributed by atoms with Crippen molar-refractivity contribution in [1.82, 2.24) is 9.55 Å². The van der Waals surface area contributed by atoms with Gasteiger partial charge in [0.05, 0.1) is 17.0 Å². The van der Waals surface area contributed by atoms with E-state index >= 15 is 0 Å². The van der Waals surface area contributed by atoms with Gasteiger partial charge in [0.15, 0.2) is 5.16 Å². The first-order valence-electron chi connectivity index (χ1n) is 10.1. The summed E-state index contributed by atoms with van der Waals surface area (Å²) in [4.78, 5) is 32.6. The Morgan fingerprint density at radius 3 is 2.59 bits per heavy atom. The summed E-state index contributed by atoms with van der Waals surface area (Å²) in [6.45, 7) is 3.96. The fourth-order valence-corrected chi connectivity index (χ4v) is 4.90. The van der Waals surface area contributed by atoms with Gasteiger partial charge in [0, 0.05) is 25.5 Å². The van der Waals surface area contributed by atoms with E-state index in [0.717, 1.165) is 28.2 Å². The van der Waals surface area contributed by atoms with Crippen molar-refractivity contribution in [1.29, 1.82) is 0 Å². The van der Waals surface area contributed by atoms with Crippen LogP contribution in [0.4, 0.5) is 11.4 Å². The van der Waals surface area contributed by atoms with Crippen LogP contribution in [0.2, 0.25) is 0 Å². The standard InChI is InChI=1S/C24H24N4O2S2/c1-15-5-6-16(2)20(13-15)28-23(30)22-19(11-12-31-22)26-24(28)32-14-21(29)25-17-7-9-18(10-8-17)27(3)4/h5-13H,14H2,1-4H3,(H,25,29). The molecule has 8 heteroatoms. The lowest BCUT2D eigenvalue weighted by Gasteiger charge is -2.15. The summed E-state index contributed by atoms with van der Waals surface area (Å²) in [7, 11) is 3.94. The number of rotatable bonds is 6. The van der Waals surface area contributed by atoms with E-state index in [-0.39, 0.29) is 17.2 Å². The molecule has 0 unspecified atom stereocenters. The molecule has 2 aromatic heterocycles. The number of amides is 1. The Bertz CT molecular complexity index is 1340. The Morgan fingerprint density at radius 1 is 1.12 bits per heavy atom. The number of nitrogens with one attached hydrogen (secondary N) is 1. The van der Waals surface area contributed by atoms with Crippen LogP contribution in [0.5, 0.6) is 0 Å². The van der Waals surface area contributed by atoms with E-state index in [1.165, 1.54) is 23.1 Å². The quantitative estimate of drug-likeness (QED) is 0.326. The number of hydrogen-bond acceptors (Lipinski definition) is 6. The molecule has 0 aliphatic rings. The van der Waals surface area contributed by atoms with Crippen LogP contribution in [0.1, 0.15) is 11.1 Å². The number of benzene rings is 2. The van der Waals surface area contributed by atoms with E-state index in [0.29, 0.717) is 15.4 Å². The zero-order valence-electron chi connectivity index (χ0n) is 18.4. The molecule has 4 rings (SSSR count). The van der Waals surface area contributed by atoms with Crippen molar-refractivity contribution in [3.63, 3.8) is 0 Å². The molecule has 0 saturated carbocycles. The van der Waals surface area contributed by atoms with Gasteiger partial charge in [-0.05, 0) is 66.8 Å². The van der Waals surface area contributed by atoms with E-state index in [4.69, 9.17) is 4.98 Å². The van der Waals surface area contributed by atoms with Crippen molar-refractivity contribution in [2.45, 2.75) is 19.0 Å². The minimum absolute atomic E-state index is 0.110. The lowest BCUT2D eigenvalue weighted by Crippen LogP contribution is -2.23. The lowest BCUT2D eigenvalue weighted by molar-refractivity contribution is -0.113. The Kier molecular flexibility index (Phi) is 6.34. The predicted octanol–water partition coefficient (Wildman–Crippen LogP) is 4.86. The van der Waals surface area contributed by atoms with Gasteiger partial charge in [0.25, 0.3) is 5.56 Å². The Labute approximate surface area is 194 Å². The topological polar surface area (TPSA) is 67.2 Å². The maximum atomic E-state index is 13.3. The van der Waals surface area contributed by atoms with Crippen LogP contribution in [-0.4, -0.2) is 35.3 Å². The van der Waals surface area contributed by atoms with E-state index in [9.17, 15) is 9.59 Å². The molecule has 0 spiro atoms. The molecular weight excluding hydrogens is 440 g/mol. The molecule has 164 valence electrons. The Balaban J connectivity index is 1.62.